The van der Waals surface area contributed by atoms with E-state index in [0.29, 0.717) is 23.5 Å². The van der Waals surface area contributed by atoms with Gasteiger partial charge in [0.05, 0.1) is 0 Å². The number of nitrogens with zero attached hydrogens (tertiary/aromatic N) is 3. The third kappa shape index (κ3) is 4.53. The fraction of sp³-hybridized carbons (Fsp3) is 0. The maximum Gasteiger partial charge on any atom is 0.233 e. The van der Waals surface area contributed by atoms with Gasteiger partial charge in [-0.1, -0.05) is 36.4 Å². The molecule has 28 heavy (non-hydrogen) atoms. The molecule has 0 aliphatic carbocycles. The van der Waals surface area contributed by atoms with E-state index in [2.05, 4.69) is 30.9 Å². The lowest BCUT2D eigenvalue weighted by molar-refractivity contribution is 1.06. The molecule has 0 unspecified atom stereocenters. The standard InChI is InChI=1S/C21H19N7/c22-15-11-13-18(14-12-15)25-21-27-19(23-16-7-3-1-4-8-16)26-20(28-21)24-17-9-5-2-6-10-17/h1-14H,22H2,(H3,23,24,25,26,27,28). The highest BCUT2D eigenvalue weighted by Gasteiger charge is 2.08. The molecule has 4 aromatic rings. The van der Waals surface area contributed by atoms with E-state index in [-0.39, 0.29) is 0 Å². The smallest absolute Gasteiger partial charge is 0.233 e. The molecule has 0 aliphatic heterocycles. The summed E-state index contributed by atoms with van der Waals surface area (Å²) >= 11 is 0. The summed E-state index contributed by atoms with van der Waals surface area (Å²) in [7, 11) is 0. The molecule has 0 spiro atoms. The lowest BCUT2D eigenvalue weighted by Gasteiger charge is -2.11. The maximum atomic E-state index is 5.75. The number of rotatable bonds is 6. The lowest BCUT2D eigenvalue weighted by atomic mass is 10.3. The molecule has 0 saturated carbocycles. The highest BCUT2D eigenvalue weighted by Crippen LogP contribution is 2.21. The molecule has 138 valence electrons. The first-order chi connectivity index (χ1) is 13.7. The minimum atomic E-state index is 0.414. The first kappa shape index (κ1) is 17.3. The molecular weight excluding hydrogens is 350 g/mol. The van der Waals surface area contributed by atoms with Crippen LogP contribution < -0.4 is 21.7 Å². The van der Waals surface area contributed by atoms with Crippen molar-refractivity contribution in [1.82, 2.24) is 15.0 Å². The largest absolute Gasteiger partial charge is 0.399 e. The van der Waals surface area contributed by atoms with E-state index in [1.165, 1.54) is 0 Å². The van der Waals surface area contributed by atoms with Gasteiger partial charge in [-0.15, -0.1) is 0 Å². The number of nitrogens with two attached hydrogens (primary N) is 1. The Labute approximate surface area is 162 Å². The first-order valence-corrected chi connectivity index (χ1v) is 8.77. The summed E-state index contributed by atoms with van der Waals surface area (Å²) in [5.41, 5.74) is 9.05. The molecule has 1 aromatic heterocycles. The number of hydrogen-bond donors (Lipinski definition) is 4. The number of aromatic nitrogens is 3. The molecule has 0 radical (unpaired) electrons. The van der Waals surface area contributed by atoms with E-state index in [4.69, 9.17) is 5.73 Å². The van der Waals surface area contributed by atoms with Gasteiger partial charge < -0.3 is 21.7 Å². The SMILES string of the molecule is Nc1ccc(Nc2nc(Nc3ccccc3)nc(Nc3ccccc3)n2)cc1. The summed E-state index contributed by atoms with van der Waals surface area (Å²) in [5, 5.41) is 9.59. The van der Waals surface area contributed by atoms with Crippen molar-refractivity contribution in [1.29, 1.82) is 0 Å². The number of nitrogen functional groups attached to an aromatic ring is 1. The summed E-state index contributed by atoms with van der Waals surface area (Å²) in [6.45, 7) is 0. The van der Waals surface area contributed by atoms with Crippen LogP contribution in [0.4, 0.5) is 40.6 Å². The monoisotopic (exact) mass is 369 g/mol. The van der Waals surface area contributed by atoms with Crippen LogP contribution in [0, 0.1) is 0 Å². The van der Waals surface area contributed by atoms with Crippen LogP contribution in [0.15, 0.2) is 84.9 Å². The Morgan fingerprint density at radius 1 is 0.464 bits per heavy atom. The van der Waals surface area contributed by atoms with E-state index < -0.39 is 0 Å². The summed E-state index contributed by atoms with van der Waals surface area (Å²) in [6, 6.07) is 26.8. The number of nitrogens with one attached hydrogen (secondary N) is 3. The summed E-state index contributed by atoms with van der Waals surface area (Å²) < 4.78 is 0. The van der Waals surface area contributed by atoms with Crippen molar-refractivity contribution in [2.45, 2.75) is 0 Å². The van der Waals surface area contributed by atoms with Crippen LogP contribution in [-0.4, -0.2) is 15.0 Å². The predicted molar refractivity (Wildman–Crippen MR) is 113 cm³/mol. The van der Waals surface area contributed by atoms with Crippen LogP contribution in [0.1, 0.15) is 0 Å². The van der Waals surface area contributed by atoms with Crippen LogP contribution in [0.3, 0.4) is 0 Å². The Morgan fingerprint density at radius 2 is 0.821 bits per heavy atom. The van der Waals surface area contributed by atoms with E-state index in [0.717, 1.165) is 17.1 Å². The van der Waals surface area contributed by atoms with E-state index in [1.807, 2.05) is 84.9 Å². The Balaban J connectivity index is 1.64. The molecule has 4 rings (SSSR count). The van der Waals surface area contributed by atoms with Gasteiger partial charge in [-0.25, -0.2) is 0 Å². The number of para-hydroxylation sites is 2. The fourth-order valence-electron chi connectivity index (χ4n) is 2.54. The van der Waals surface area contributed by atoms with Crippen molar-refractivity contribution < 1.29 is 0 Å². The zero-order valence-electron chi connectivity index (χ0n) is 15.0. The second kappa shape index (κ2) is 8.05. The highest BCUT2D eigenvalue weighted by molar-refractivity contribution is 5.62. The van der Waals surface area contributed by atoms with E-state index in [9.17, 15) is 0 Å². The Kier molecular flexibility index (Phi) is 4.97. The molecule has 7 nitrogen and oxygen atoms in total. The normalized spacial score (nSPS) is 10.3. The second-order valence-corrected chi connectivity index (χ2v) is 6.04. The van der Waals surface area contributed by atoms with Crippen molar-refractivity contribution in [3.05, 3.63) is 84.9 Å². The molecular formula is C21H19N7. The molecule has 0 bridgehead atoms. The Bertz CT molecular complexity index is 976. The molecule has 0 saturated heterocycles. The average molecular weight is 369 g/mol. The van der Waals surface area contributed by atoms with Crippen LogP contribution in [0.5, 0.6) is 0 Å². The Morgan fingerprint density at radius 3 is 1.21 bits per heavy atom. The van der Waals surface area contributed by atoms with Gasteiger partial charge in [-0.3, -0.25) is 0 Å². The molecule has 0 fully saturated rings. The van der Waals surface area contributed by atoms with Gasteiger partial charge >= 0.3 is 0 Å². The van der Waals surface area contributed by atoms with Crippen molar-refractivity contribution >= 4 is 40.6 Å². The molecule has 5 N–H and O–H groups in total. The molecule has 0 aliphatic rings. The predicted octanol–water partition coefficient (Wildman–Crippen LogP) is 4.68. The van der Waals surface area contributed by atoms with Gasteiger partial charge in [0.15, 0.2) is 0 Å². The second-order valence-electron chi connectivity index (χ2n) is 6.04. The molecule has 3 aromatic carbocycles. The van der Waals surface area contributed by atoms with Gasteiger partial charge in [0.1, 0.15) is 0 Å². The molecule has 0 amide bonds. The Hall–Kier alpha value is -4.13. The van der Waals surface area contributed by atoms with Gasteiger partial charge in [0, 0.05) is 22.7 Å². The van der Waals surface area contributed by atoms with Gasteiger partial charge in [-0.05, 0) is 48.5 Å². The third-order valence-corrected chi connectivity index (χ3v) is 3.86. The van der Waals surface area contributed by atoms with Crippen LogP contribution in [0.25, 0.3) is 0 Å². The maximum absolute atomic E-state index is 5.75. The van der Waals surface area contributed by atoms with Crippen molar-refractivity contribution in [2.24, 2.45) is 0 Å². The quantitative estimate of drug-likeness (QED) is 0.366. The molecule has 1 heterocycles. The van der Waals surface area contributed by atoms with E-state index in [1.54, 1.807) is 0 Å². The number of benzene rings is 3. The third-order valence-electron chi connectivity index (χ3n) is 3.86. The molecule has 0 atom stereocenters. The summed E-state index contributed by atoms with van der Waals surface area (Å²) in [5.74, 6) is 1.27. The van der Waals surface area contributed by atoms with Crippen molar-refractivity contribution in [2.75, 3.05) is 21.7 Å². The van der Waals surface area contributed by atoms with Crippen LogP contribution in [-0.2, 0) is 0 Å². The molecule has 7 heteroatoms. The minimum Gasteiger partial charge on any atom is -0.399 e. The van der Waals surface area contributed by atoms with Gasteiger partial charge in [0.2, 0.25) is 17.8 Å². The number of hydrogen-bond acceptors (Lipinski definition) is 7. The highest BCUT2D eigenvalue weighted by atomic mass is 15.3. The average Bonchev–Trinajstić information content (AvgIpc) is 2.71. The fourth-order valence-corrected chi connectivity index (χ4v) is 2.54. The first-order valence-electron chi connectivity index (χ1n) is 8.77. The number of anilines is 7. The zero-order valence-corrected chi connectivity index (χ0v) is 15.0. The van der Waals surface area contributed by atoms with Crippen molar-refractivity contribution in [3.63, 3.8) is 0 Å². The van der Waals surface area contributed by atoms with Gasteiger partial charge in [0.25, 0.3) is 0 Å². The minimum absolute atomic E-state index is 0.414. The summed E-state index contributed by atoms with van der Waals surface area (Å²) in [4.78, 5) is 13.4. The van der Waals surface area contributed by atoms with Gasteiger partial charge in [-0.2, -0.15) is 15.0 Å². The zero-order chi connectivity index (χ0) is 19.2. The summed E-state index contributed by atoms with van der Waals surface area (Å²) in [6.07, 6.45) is 0. The van der Waals surface area contributed by atoms with E-state index >= 15 is 0 Å². The topological polar surface area (TPSA) is 101 Å². The van der Waals surface area contributed by atoms with Crippen LogP contribution in [0.2, 0.25) is 0 Å². The van der Waals surface area contributed by atoms with Crippen molar-refractivity contribution in [3.8, 4) is 0 Å². The van der Waals surface area contributed by atoms with Crippen LogP contribution >= 0.6 is 0 Å². The lowest BCUT2D eigenvalue weighted by Crippen LogP contribution is -2.07.